The summed E-state index contributed by atoms with van der Waals surface area (Å²) in [5, 5.41) is 0. The van der Waals surface area contributed by atoms with Gasteiger partial charge in [0.15, 0.2) is 0 Å². The summed E-state index contributed by atoms with van der Waals surface area (Å²) in [4.78, 5) is 2.35. The van der Waals surface area contributed by atoms with E-state index in [1.54, 1.807) is 12.5 Å². The first-order valence-electron chi connectivity index (χ1n) is 6.10. The minimum absolute atomic E-state index is 0.148. The summed E-state index contributed by atoms with van der Waals surface area (Å²) in [6, 6.07) is 0. The quantitative estimate of drug-likeness (QED) is 0.722. The highest BCUT2D eigenvalue weighted by Gasteiger charge is 2.28. The number of nitrogens with zero attached hydrogens (tertiary/aromatic N) is 2. The second-order valence-electron chi connectivity index (χ2n) is 5.63. The minimum Gasteiger partial charge on any atom is -0.288 e. The van der Waals surface area contributed by atoms with Gasteiger partial charge < -0.3 is 0 Å². The Kier molecular flexibility index (Phi) is 4.62. The number of likely N-dealkylation sites (tertiary alicyclic amines) is 1. The summed E-state index contributed by atoms with van der Waals surface area (Å²) < 4.78 is 15.8. The van der Waals surface area contributed by atoms with Crippen LogP contribution in [0.25, 0.3) is 0 Å². The molecular formula is C13H24N2OS. The van der Waals surface area contributed by atoms with Gasteiger partial charge in [-0.15, -0.1) is 6.42 Å². The highest BCUT2D eigenvalue weighted by atomic mass is 32.2. The number of terminal acetylenes is 1. The van der Waals surface area contributed by atoms with Crippen molar-refractivity contribution < 1.29 is 4.21 Å². The van der Waals surface area contributed by atoms with Crippen molar-refractivity contribution in [1.29, 1.82) is 0 Å². The first-order chi connectivity index (χ1) is 7.74. The fourth-order valence-corrected chi connectivity index (χ4v) is 2.62. The molecule has 0 unspecified atom stereocenters. The fourth-order valence-electron chi connectivity index (χ4n) is 2.05. The van der Waals surface area contributed by atoms with Crippen molar-refractivity contribution >= 4 is 9.73 Å². The average molecular weight is 256 g/mol. The Bertz CT molecular complexity index is 398. The molecule has 0 atom stereocenters. The highest BCUT2D eigenvalue weighted by molar-refractivity contribution is 7.92. The van der Waals surface area contributed by atoms with E-state index >= 15 is 0 Å². The molecule has 0 saturated carbocycles. The van der Waals surface area contributed by atoms with Crippen molar-refractivity contribution in [2.24, 2.45) is 10.3 Å². The maximum Gasteiger partial charge on any atom is 0.0766 e. The van der Waals surface area contributed by atoms with Crippen LogP contribution in [-0.2, 0) is 9.73 Å². The Morgan fingerprint density at radius 3 is 2.35 bits per heavy atom. The third-order valence-corrected chi connectivity index (χ3v) is 4.17. The normalized spacial score (nSPS) is 19.9. The second-order valence-corrected chi connectivity index (χ2v) is 8.25. The van der Waals surface area contributed by atoms with E-state index in [0.717, 1.165) is 32.5 Å². The third kappa shape index (κ3) is 4.69. The molecule has 17 heavy (non-hydrogen) atoms. The van der Waals surface area contributed by atoms with Gasteiger partial charge >= 0.3 is 0 Å². The number of rotatable bonds is 3. The molecule has 98 valence electrons. The molecule has 0 aliphatic carbocycles. The fraction of sp³-hybridized carbons (Fsp3) is 0.846. The molecule has 0 radical (unpaired) electrons. The first-order valence-corrected chi connectivity index (χ1v) is 8.43. The summed E-state index contributed by atoms with van der Waals surface area (Å²) in [6.07, 6.45) is 11.1. The van der Waals surface area contributed by atoms with Crippen LogP contribution in [0.4, 0.5) is 0 Å². The Balaban J connectivity index is 2.48. The standard InChI is InChI=1S/C13H24N2OS/c1-6-13(2,3)15-9-7-12(8-10-15)11-14-17(4,5)16/h1,12H,7-11H2,2-5H3. The molecule has 1 heterocycles. The SMILES string of the molecule is C#CC(C)(C)N1CCC(CN=S(C)(C)=O)CC1. The van der Waals surface area contributed by atoms with Crippen LogP contribution in [-0.4, -0.2) is 46.8 Å². The largest absolute Gasteiger partial charge is 0.288 e. The van der Waals surface area contributed by atoms with Gasteiger partial charge in [-0.2, -0.15) is 0 Å². The lowest BCUT2D eigenvalue weighted by atomic mass is 9.93. The van der Waals surface area contributed by atoms with Gasteiger partial charge in [0.05, 0.1) is 12.1 Å². The topological polar surface area (TPSA) is 32.7 Å². The number of hydrogen-bond acceptors (Lipinski definition) is 3. The van der Waals surface area contributed by atoms with E-state index < -0.39 is 9.73 Å². The molecule has 0 aromatic heterocycles. The van der Waals surface area contributed by atoms with Crippen molar-refractivity contribution in [2.75, 3.05) is 32.1 Å². The van der Waals surface area contributed by atoms with Crippen molar-refractivity contribution in [3.05, 3.63) is 0 Å². The van der Waals surface area contributed by atoms with Crippen LogP contribution >= 0.6 is 0 Å². The highest BCUT2D eigenvalue weighted by Crippen LogP contribution is 2.24. The van der Waals surface area contributed by atoms with Gasteiger partial charge in [-0.3, -0.25) is 9.11 Å². The Labute approximate surface area is 106 Å². The van der Waals surface area contributed by atoms with Crippen LogP contribution in [0.1, 0.15) is 26.7 Å². The van der Waals surface area contributed by atoms with E-state index in [1.807, 2.05) is 0 Å². The lowest BCUT2D eigenvalue weighted by molar-refractivity contribution is 0.114. The molecule has 0 aromatic carbocycles. The van der Waals surface area contributed by atoms with Crippen LogP contribution in [0, 0.1) is 18.3 Å². The predicted octanol–water partition coefficient (Wildman–Crippen LogP) is 1.84. The molecule has 3 nitrogen and oxygen atoms in total. The molecular weight excluding hydrogens is 232 g/mol. The number of hydrogen-bond donors (Lipinski definition) is 0. The average Bonchev–Trinajstić information content (AvgIpc) is 2.26. The Morgan fingerprint density at radius 2 is 1.94 bits per heavy atom. The van der Waals surface area contributed by atoms with Gasteiger partial charge in [-0.25, -0.2) is 4.36 Å². The summed E-state index contributed by atoms with van der Waals surface area (Å²) in [5.41, 5.74) is -0.148. The number of piperidine rings is 1. The second kappa shape index (κ2) is 5.41. The smallest absolute Gasteiger partial charge is 0.0766 e. The van der Waals surface area contributed by atoms with E-state index in [-0.39, 0.29) is 5.54 Å². The van der Waals surface area contributed by atoms with Crippen LogP contribution in [0.5, 0.6) is 0 Å². The van der Waals surface area contributed by atoms with Gasteiger partial charge in [0.25, 0.3) is 0 Å². The van der Waals surface area contributed by atoms with E-state index in [1.165, 1.54) is 0 Å². The van der Waals surface area contributed by atoms with E-state index in [2.05, 4.69) is 29.0 Å². The maximum absolute atomic E-state index is 11.5. The third-order valence-electron chi connectivity index (χ3n) is 3.40. The van der Waals surface area contributed by atoms with Gasteiger partial charge in [-0.05, 0) is 45.7 Å². The van der Waals surface area contributed by atoms with Crippen molar-refractivity contribution in [3.8, 4) is 12.3 Å². The van der Waals surface area contributed by atoms with Crippen LogP contribution in [0.3, 0.4) is 0 Å². The molecule has 0 aromatic rings. The van der Waals surface area contributed by atoms with Gasteiger partial charge in [-0.1, -0.05) is 5.92 Å². The molecule has 1 aliphatic heterocycles. The van der Waals surface area contributed by atoms with Crippen molar-refractivity contribution in [2.45, 2.75) is 32.2 Å². The molecule has 1 aliphatic rings. The molecule has 1 fully saturated rings. The first kappa shape index (κ1) is 14.5. The molecule has 0 spiro atoms. The lowest BCUT2D eigenvalue weighted by Crippen LogP contribution is -2.47. The summed E-state index contributed by atoms with van der Waals surface area (Å²) in [7, 11) is -1.94. The molecule has 4 heteroatoms. The van der Waals surface area contributed by atoms with Gasteiger partial charge in [0.2, 0.25) is 0 Å². The van der Waals surface area contributed by atoms with Crippen LogP contribution in [0.15, 0.2) is 4.36 Å². The van der Waals surface area contributed by atoms with Crippen molar-refractivity contribution in [3.63, 3.8) is 0 Å². The minimum atomic E-state index is -1.94. The van der Waals surface area contributed by atoms with Gasteiger partial charge in [0, 0.05) is 22.2 Å². The van der Waals surface area contributed by atoms with Crippen LogP contribution < -0.4 is 0 Å². The summed E-state index contributed by atoms with van der Waals surface area (Å²) in [5.74, 6) is 3.41. The zero-order valence-electron chi connectivity index (χ0n) is 11.4. The van der Waals surface area contributed by atoms with Gasteiger partial charge in [0.1, 0.15) is 0 Å². The zero-order chi connectivity index (χ0) is 13.1. The van der Waals surface area contributed by atoms with E-state index in [0.29, 0.717) is 5.92 Å². The Morgan fingerprint density at radius 1 is 1.41 bits per heavy atom. The zero-order valence-corrected chi connectivity index (χ0v) is 12.2. The molecule has 0 amide bonds. The Hall–Kier alpha value is -0.530. The summed E-state index contributed by atoms with van der Waals surface area (Å²) in [6.45, 7) is 6.94. The van der Waals surface area contributed by atoms with Crippen LogP contribution in [0.2, 0.25) is 0 Å². The molecule has 1 rings (SSSR count). The maximum atomic E-state index is 11.5. The molecule has 0 bridgehead atoms. The van der Waals surface area contributed by atoms with E-state index in [9.17, 15) is 4.21 Å². The monoisotopic (exact) mass is 256 g/mol. The molecule has 1 saturated heterocycles. The van der Waals surface area contributed by atoms with E-state index in [4.69, 9.17) is 6.42 Å². The van der Waals surface area contributed by atoms with Crippen molar-refractivity contribution in [1.82, 2.24) is 4.90 Å². The molecule has 0 N–H and O–H groups in total. The predicted molar refractivity (Wildman–Crippen MR) is 74.5 cm³/mol. The lowest BCUT2D eigenvalue weighted by Gasteiger charge is -2.39. The summed E-state index contributed by atoms with van der Waals surface area (Å²) >= 11 is 0.